The van der Waals surface area contributed by atoms with Crippen LogP contribution in [0.5, 0.6) is 0 Å². The fourth-order valence-corrected chi connectivity index (χ4v) is 2.62. The van der Waals surface area contributed by atoms with E-state index >= 15 is 0 Å². The molecule has 0 amide bonds. The Morgan fingerprint density at radius 2 is 1.96 bits per heavy atom. The summed E-state index contributed by atoms with van der Waals surface area (Å²) < 4.78 is 13.7. The molecule has 0 bridgehead atoms. The predicted molar refractivity (Wildman–Crippen MR) is 98.6 cm³/mol. The molecule has 1 unspecified atom stereocenters. The SMILES string of the molecule is C#C[C@H](COCc1ccccc1)OC(CBr)n1ccc(=O)n(C)c1=O. The summed E-state index contributed by atoms with van der Waals surface area (Å²) >= 11 is 3.31. The summed E-state index contributed by atoms with van der Waals surface area (Å²) in [6.07, 6.45) is 5.63. The highest BCUT2D eigenvalue weighted by Gasteiger charge is 2.18. The second kappa shape index (κ2) is 9.37. The zero-order chi connectivity index (χ0) is 18.2. The van der Waals surface area contributed by atoms with Crippen LogP contribution in [0.2, 0.25) is 0 Å². The molecule has 0 N–H and O–H groups in total. The van der Waals surface area contributed by atoms with Crippen LogP contribution in [0, 0.1) is 12.3 Å². The van der Waals surface area contributed by atoms with Crippen molar-refractivity contribution >= 4 is 15.9 Å². The van der Waals surface area contributed by atoms with Gasteiger partial charge in [0.05, 0.1) is 13.2 Å². The van der Waals surface area contributed by atoms with E-state index in [0.717, 1.165) is 10.1 Å². The van der Waals surface area contributed by atoms with Crippen LogP contribution >= 0.6 is 15.9 Å². The van der Waals surface area contributed by atoms with Gasteiger partial charge < -0.3 is 9.47 Å². The van der Waals surface area contributed by atoms with Gasteiger partial charge in [0, 0.05) is 24.6 Å². The Labute approximate surface area is 154 Å². The number of nitrogens with zero attached hydrogens (tertiary/aromatic N) is 2. The van der Waals surface area contributed by atoms with Gasteiger partial charge in [-0.25, -0.2) is 4.79 Å². The number of aromatic nitrogens is 2. The number of ether oxygens (including phenoxy) is 2. The Balaban J connectivity index is 2.01. The van der Waals surface area contributed by atoms with E-state index in [-0.39, 0.29) is 12.2 Å². The van der Waals surface area contributed by atoms with E-state index < -0.39 is 18.0 Å². The molecule has 2 rings (SSSR count). The molecule has 132 valence electrons. The minimum Gasteiger partial charge on any atom is -0.373 e. The van der Waals surface area contributed by atoms with E-state index in [1.54, 1.807) is 0 Å². The summed E-state index contributed by atoms with van der Waals surface area (Å²) in [5.74, 6) is 2.52. The van der Waals surface area contributed by atoms with E-state index in [0.29, 0.717) is 11.9 Å². The van der Waals surface area contributed by atoms with Gasteiger partial charge in [0.25, 0.3) is 5.56 Å². The van der Waals surface area contributed by atoms with Gasteiger partial charge in [-0.1, -0.05) is 52.2 Å². The minimum atomic E-state index is -0.652. The maximum absolute atomic E-state index is 12.2. The van der Waals surface area contributed by atoms with Crippen molar-refractivity contribution in [1.29, 1.82) is 0 Å². The second-order valence-corrected chi connectivity index (χ2v) is 5.95. The molecular formula is C18H19BrN2O4. The molecule has 25 heavy (non-hydrogen) atoms. The highest BCUT2D eigenvalue weighted by molar-refractivity contribution is 9.09. The Kier molecular flexibility index (Phi) is 7.19. The molecular weight excluding hydrogens is 388 g/mol. The molecule has 0 saturated heterocycles. The first kappa shape index (κ1) is 19.2. The molecule has 1 aromatic carbocycles. The maximum Gasteiger partial charge on any atom is 0.332 e. The molecule has 7 heteroatoms. The van der Waals surface area contributed by atoms with Gasteiger partial charge in [0.1, 0.15) is 12.3 Å². The zero-order valence-electron chi connectivity index (χ0n) is 13.8. The number of halogens is 1. The van der Waals surface area contributed by atoms with Crippen LogP contribution in [-0.2, 0) is 23.1 Å². The smallest absolute Gasteiger partial charge is 0.332 e. The fourth-order valence-electron chi connectivity index (χ4n) is 2.16. The van der Waals surface area contributed by atoms with Gasteiger partial charge in [-0.2, -0.15) is 0 Å². The third kappa shape index (κ3) is 5.16. The fraction of sp³-hybridized carbons (Fsp3) is 0.333. The van der Waals surface area contributed by atoms with Crippen molar-refractivity contribution in [1.82, 2.24) is 9.13 Å². The normalized spacial score (nSPS) is 13.2. The van der Waals surface area contributed by atoms with Gasteiger partial charge in [-0.3, -0.25) is 13.9 Å². The average molecular weight is 407 g/mol. The molecule has 6 nitrogen and oxygen atoms in total. The number of alkyl halides is 1. The summed E-state index contributed by atoms with van der Waals surface area (Å²) in [5, 5.41) is 0.335. The van der Waals surface area contributed by atoms with Crippen LogP contribution < -0.4 is 11.2 Å². The second-order valence-electron chi connectivity index (χ2n) is 5.30. The molecule has 2 aromatic rings. The molecule has 0 radical (unpaired) electrons. The maximum atomic E-state index is 12.2. The van der Waals surface area contributed by atoms with Gasteiger partial charge in [0.2, 0.25) is 0 Å². The van der Waals surface area contributed by atoms with Crippen molar-refractivity contribution in [3.8, 4) is 12.3 Å². The lowest BCUT2D eigenvalue weighted by molar-refractivity contribution is -0.0557. The highest BCUT2D eigenvalue weighted by Crippen LogP contribution is 2.13. The lowest BCUT2D eigenvalue weighted by atomic mass is 10.2. The topological polar surface area (TPSA) is 62.5 Å². The molecule has 1 heterocycles. The van der Waals surface area contributed by atoms with E-state index in [2.05, 4.69) is 21.9 Å². The Morgan fingerprint density at radius 1 is 1.24 bits per heavy atom. The lowest BCUT2D eigenvalue weighted by Crippen LogP contribution is -2.40. The molecule has 0 aliphatic rings. The van der Waals surface area contributed by atoms with E-state index in [4.69, 9.17) is 15.9 Å². The van der Waals surface area contributed by atoms with E-state index in [1.807, 2.05) is 30.3 Å². The number of hydrogen-bond donors (Lipinski definition) is 0. The van der Waals surface area contributed by atoms with Gasteiger partial charge in [-0.05, 0) is 5.56 Å². The molecule has 0 aliphatic heterocycles. The zero-order valence-corrected chi connectivity index (χ0v) is 15.4. The van der Waals surface area contributed by atoms with Crippen LogP contribution in [0.1, 0.15) is 11.8 Å². The Morgan fingerprint density at radius 3 is 2.60 bits per heavy atom. The minimum absolute atomic E-state index is 0.190. The average Bonchev–Trinajstić information content (AvgIpc) is 2.64. The third-order valence-electron chi connectivity index (χ3n) is 3.55. The highest BCUT2D eigenvalue weighted by atomic mass is 79.9. The van der Waals surface area contributed by atoms with Crippen molar-refractivity contribution in [2.45, 2.75) is 18.9 Å². The Hall–Kier alpha value is -2.14. The molecule has 2 atom stereocenters. The van der Waals surface area contributed by atoms with Gasteiger partial charge >= 0.3 is 5.69 Å². The lowest BCUT2D eigenvalue weighted by Gasteiger charge is -2.22. The first-order chi connectivity index (χ1) is 12.1. The van der Waals surface area contributed by atoms with Gasteiger partial charge in [0.15, 0.2) is 0 Å². The number of hydrogen-bond acceptors (Lipinski definition) is 4. The van der Waals surface area contributed by atoms with Crippen molar-refractivity contribution in [2.24, 2.45) is 7.05 Å². The molecule has 1 aromatic heterocycles. The van der Waals surface area contributed by atoms with Crippen LogP contribution in [0.25, 0.3) is 0 Å². The number of benzene rings is 1. The number of rotatable bonds is 8. The van der Waals surface area contributed by atoms with Crippen LogP contribution in [0.4, 0.5) is 0 Å². The molecule has 0 saturated carbocycles. The van der Waals surface area contributed by atoms with Crippen molar-refractivity contribution < 1.29 is 9.47 Å². The summed E-state index contributed by atoms with van der Waals surface area (Å²) in [4.78, 5) is 23.7. The van der Waals surface area contributed by atoms with Crippen molar-refractivity contribution in [2.75, 3.05) is 11.9 Å². The van der Waals surface area contributed by atoms with Crippen LogP contribution in [0.3, 0.4) is 0 Å². The number of terminal acetylenes is 1. The molecule has 0 aliphatic carbocycles. The van der Waals surface area contributed by atoms with Gasteiger partial charge in [-0.15, -0.1) is 6.42 Å². The summed E-state index contributed by atoms with van der Waals surface area (Å²) in [6.45, 7) is 0.608. The third-order valence-corrected chi connectivity index (χ3v) is 4.10. The Bertz CT molecular complexity index is 839. The quantitative estimate of drug-likeness (QED) is 0.494. The molecule has 0 fully saturated rings. The summed E-state index contributed by atoms with van der Waals surface area (Å²) in [7, 11) is 1.41. The molecule has 0 spiro atoms. The standard InChI is InChI=1S/C18H19BrN2O4/c1-3-15(13-24-12-14-7-5-4-6-8-14)25-17(11-19)21-10-9-16(22)20(2)18(21)23/h1,4-10,15,17H,11-13H2,2H3/t15-,17?/m1/s1. The predicted octanol–water partition coefficient (Wildman–Crippen LogP) is 1.68. The van der Waals surface area contributed by atoms with Crippen LogP contribution in [-0.4, -0.2) is 27.2 Å². The monoisotopic (exact) mass is 406 g/mol. The van der Waals surface area contributed by atoms with Crippen molar-refractivity contribution in [3.63, 3.8) is 0 Å². The van der Waals surface area contributed by atoms with E-state index in [1.165, 1.54) is 23.9 Å². The largest absolute Gasteiger partial charge is 0.373 e. The summed E-state index contributed by atoms with van der Waals surface area (Å²) in [6, 6.07) is 11.0. The first-order valence-electron chi connectivity index (χ1n) is 7.64. The summed E-state index contributed by atoms with van der Waals surface area (Å²) in [5.41, 5.74) is 0.178. The van der Waals surface area contributed by atoms with E-state index in [9.17, 15) is 9.59 Å². The van der Waals surface area contributed by atoms with Crippen LogP contribution in [0.15, 0.2) is 52.2 Å². The first-order valence-corrected chi connectivity index (χ1v) is 8.76. The van der Waals surface area contributed by atoms with Crippen molar-refractivity contribution in [3.05, 3.63) is 69.0 Å².